The van der Waals surface area contributed by atoms with Gasteiger partial charge in [0, 0.05) is 36.2 Å². The minimum Gasteiger partial charge on any atom is -0.447 e. The number of unbranched alkanes of at least 4 members (excludes halogenated alkanes) is 2. The van der Waals surface area contributed by atoms with Crippen LogP contribution in [0, 0.1) is 11.8 Å². The molecule has 8 rings (SSSR count). The number of hydrogen-bond acceptors (Lipinski definition) is 25. The van der Waals surface area contributed by atoms with Crippen LogP contribution in [0.5, 0.6) is 0 Å². The number of carbonyl (C=O) groups is 6. The number of nitrogen functional groups attached to an aromatic ring is 1. The third-order valence-corrected chi connectivity index (χ3v) is 16.6. The fraction of sp³-hybridized carbons (Fsp3) is 0.560. The van der Waals surface area contributed by atoms with E-state index in [0.29, 0.717) is 48.3 Å². The number of carbonyl (C=O) groups excluding carboxylic acids is 6. The molecule has 34 nitrogen and oxygen atoms in total. The van der Waals surface area contributed by atoms with Crippen LogP contribution in [-0.2, 0) is 79.2 Å². The molecule has 3 aliphatic heterocycles. The number of nitrogens with one attached hydrogen (secondary N) is 5. The molecule has 38 heteroatoms. The van der Waals surface area contributed by atoms with Crippen LogP contribution in [0.15, 0.2) is 49.6 Å². The number of benzene rings is 1. The van der Waals surface area contributed by atoms with Crippen molar-refractivity contribution in [2.24, 2.45) is 23.5 Å². The van der Waals surface area contributed by atoms with Crippen molar-refractivity contribution in [3.63, 3.8) is 0 Å². The van der Waals surface area contributed by atoms with E-state index in [4.69, 9.17) is 66.2 Å². The molecule has 3 fully saturated rings. The molecule has 0 spiro atoms. The maximum Gasteiger partial charge on any atom is 0.697 e. The van der Waals surface area contributed by atoms with Crippen molar-refractivity contribution in [3.8, 4) is 0 Å². The lowest BCUT2D eigenvalue weighted by Crippen LogP contribution is -2.54. The number of nitrogens with two attached hydrogens (primary N) is 3. The SMILES string of the molecule is CC(C)[C@H](NC(=O)CCCCCON)C(=O)N[C@@H](CCCNC(N)=O)C(=O)Nc1ccc(COC(=O)N(C)CCOC(=O)Nc2ncnc3c2ncn3[C@@H]2O[C@@H]3CO[P+](=O)O[C@H]4[C@@H](C)[C@H](n5cnc6c(N)ncnc65)O[C@@H]4COP(O)(=S)O[C@H]3[C@H]2F)cc1. The molecule has 478 valence electrons. The monoisotopic (exact) mass is 1290 g/mol. The van der Waals surface area contributed by atoms with Crippen molar-refractivity contribution in [2.75, 3.05) is 62.9 Å². The predicted octanol–water partition coefficient (Wildman–Crippen LogP) is 2.99. The highest BCUT2D eigenvalue weighted by Gasteiger charge is 2.54. The summed E-state index contributed by atoms with van der Waals surface area (Å²) in [7, 11) is -1.49. The Kier molecular flexibility index (Phi) is 23.3. The molecule has 4 aromatic heterocycles. The number of alkyl halides is 1. The van der Waals surface area contributed by atoms with Crippen LogP contribution in [0.4, 0.5) is 36.1 Å². The largest absolute Gasteiger partial charge is 0.697 e. The Labute approximate surface area is 507 Å². The highest BCUT2D eigenvalue weighted by atomic mass is 32.5. The Morgan fingerprint density at radius 1 is 0.875 bits per heavy atom. The molecular weight excluding hydrogens is 1220 g/mol. The number of likely N-dealkylation sites (N-methyl/N-ethyl adjacent to an activating group) is 1. The van der Waals surface area contributed by atoms with Gasteiger partial charge in [-0.25, -0.2) is 54.6 Å². The smallest absolute Gasteiger partial charge is 0.447 e. The molecule has 0 aliphatic carbocycles. The number of urea groups is 1. The van der Waals surface area contributed by atoms with Gasteiger partial charge in [0.25, 0.3) is 0 Å². The molecule has 0 saturated carbocycles. The van der Waals surface area contributed by atoms with E-state index in [2.05, 4.69) is 61.3 Å². The second-order valence-electron chi connectivity index (χ2n) is 20.9. The van der Waals surface area contributed by atoms with Gasteiger partial charge in [0.15, 0.2) is 47.0 Å². The van der Waals surface area contributed by atoms with Crippen LogP contribution in [0.25, 0.3) is 22.3 Å². The fourth-order valence-corrected chi connectivity index (χ4v) is 11.9. The van der Waals surface area contributed by atoms with E-state index in [1.165, 1.54) is 30.6 Å². The van der Waals surface area contributed by atoms with Crippen LogP contribution >= 0.6 is 15.0 Å². The van der Waals surface area contributed by atoms with Crippen LogP contribution in [-0.4, -0.2) is 174 Å². The van der Waals surface area contributed by atoms with Gasteiger partial charge in [0.2, 0.25) is 17.7 Å². The molecule has 0 bridgehead atoms. The number of hydrogen-bond donors (Lipinski definition) is 9. The maximum atomic E-state index is 16.7. The summed E-state index contributed by atoms with van der Waals surface area (Å²) in [5, 5.41) is 13.2. The lowest BCUT2D eigenvalue weighted by molar-refractivity contribution is -0.132. The summed E-state index contributed by atoms with van der Waals surface area (Å²) in [6, 6.07) is 3.58. The second kappa shape index (κ2) is 30.7. The molecular formula is C50H69FN17O17P2S+. The van der Waals surface area contributed by atoms with Crippen LogP contribution in [0.3, 0.4) is 0 Å². The third kappa shape index (κ3) is 17.3. The quantitative estimate of drug-likeness (QED) is 0.0243. The molecule has 12 atom stereocenters. The fourth-order valence-electron chi connectivity index (χ4n) is 9.62. The molecule has 7 heterocycles. The number of nitrogens with zero attached hydrogens (tertiary/aromatic N) is 9. The van der Waals surface area contributed by atoms with E-state index in [-0.39, 0.29) is 80.2 Å². The topological polar surface area (TPSA) is 451 Å². The van der Waals surface area contributed by atoms with Crippen LogP contribution in [0.1, 0.15) is 77.3 Å². The summed E-state index contributed by atoms with van der Waals surface area (Å²) in [5.74, 6) is 2.73. The van der Waals surface area contributed by atoms with Crippen molar-refractivity contribution in [3.05, 3.63) is 55.1 Å². The Bertz CT molecular complexity index is 3340. The first-order valence-electron chi connectivity index (χ1n) is 27.8. The van der Waals surface area contributed by atoms with Gasteiger partial charge in [-0.05, 0) is 61.1 Å². The van der Waals surface area contributed by atoms with Crippen molar-refractivity contribution in [1.29, 1.82) is 0 Å². The zero-order valence-corrected chi connectivity index (χ0v) is 50.7. The van der Waals surface area contributed by atoms with Gasteiger partial charge >= 0.3 is 33.2 Å². The molecule has 7 amide bonds. The Hall–Kier alpha value is -7.34. The first kappa shape index (κ1) is 66.6. The number of aromatic nitrogens is 8. The normalized spacial score (nSPS) is 24.0. The average molecular weight is 1290 g/mol. The number of amides is 7. The number of anilines is 3. The molecule has 5 aromatic rings. The highest BCUT2D eigenvalue weighted by molar-refractivity contribution is 8.07. The lowest BCUT2D eigenvalue weighted by atomic mass is 10.0. The number of primary amides is 1. The van der Waals surface area contributed by atoms with E-state index in [1.54, 1.807) is 49.6 Å². The molecule has 1 aromatic carbocycles. The van der Waals surface area contributed by atoms with Gasteiger partial charge in [-0.3, -0.25) is 33.4 Å². The standard InChI is InChI=1S/C50H68FN17O17P2S/c1-26(2)35(64-33(69)10-6-5-7-17-79-54)45(71)63-30(9-8-15-55-48(53)72)44(70)62-29-13-11-28(12-14-29)19-78-50(74)66(4)16-18-77-49(73)65-41-37-43(59-23-57-41)68(25-61-37)47-34(51)39-31(83-47)20-80-86(75)84-38-27(3)46(82-32(38)21-81-87(76,88)85-39)67-24-60-36-40(52)56-22-58-42(36)67/h11-14,22-27,30-32,34-35,38-39,46-47H,5-10,15-21,54H2,1-4H3,(H9-,52,53,55,56,57,58,59,62,63,64,65,69,70,71,72,73,76,88)/p+1/t27-,30+,31-,32-,34-,35+,38+,39-,46-,47-,87?/m1/s1. The van der Waals surface area contributed by atoms with Crippen LogP contribution in [0.2, 0.25) is 0 Å². The molecule has 12 N–H and O–H groups in total. The van der Waals surface area contributed by atoms with Gasteiger partial charge in [-0.1, -0.05) is 39.3 Å². The minimum absolute atomic E-state index is 0.0175. The summed E-state index contributed by atoms with van der Waals surface area (Å²) in [6.45, 7) is -0.0909. The van der Waals surface area contributed by atoms with Crippen LogP contribution < -0.4 is 43.9 Å². The van der Waals surface area contributed by atoms with Crippen molar-refractivity contribution in [1.82, 2.24) is 59.9 Å². The first-order chi connectivity index (χ1) is 42.1. The number of imidazole rings is 2. The highest BCUT2D eigenvalue weighted by Crippen LogP contribution is 2.52. The van der Waals surface area contributed by atoms with E-state index < -0.39 is 119 Å². The van der Waals surface area contributed by atoms with E-state index in [9.17, 15) is 38.2 Å². The summed E-state index contributed by atoms with van der Waals surface area (Å²) in [6.07, 6.45) is -3.70. The number of ether oxygens (including phenoxy) is 4. The zero-order valence-electron chi connectivity index (χ0n) is 48.1. The molecule has 2 unspecified atom stereocenters. The van der Waals surface area contributed by atoms with Crippen molar-refractivity contribution < 1.29 is 84.5 Å². The zero-order chi connectivity index (χ0) is 63.2. The van der Waals surface area contributed by atoms with Crippen molar-refractivity contribution in [2.45, 2.75) is 121 Å². The first-order valence-corrected chi connectivity index (χ1v) is 31.4. The van der Waals surface area contributed by atoms with E-state index in [0.717, 1.165) is 11.2 Å². The summed E-state index contributed by atoms with van der Waals surface area (Å²) < 4.78 is 78.7. The van der Waals surface area contributed by atoms with Gasteiger partial charge in [0.05, 0.1) is 32.4 Å². The van der Waals surface area contributed by atoms with Gasteiger partial charge < -0.3 is 70.8 Å². The van der Waals surface area contributed by atoms with Crippen molar-refractivity contribution >= 4 is 102 Å². The number of rotatable bonds is 24. The molecule has 88 heavy (non-hydrogen) atoms. The third-order valence-electron chi connectivity index (χ3n) is 14.2. The summed E-state index contributed by atoms with van der Waals surface area (Å²) >= 11 is 5.33. The van der Waals surface area contributed by atoms with Gasteiger partial charge in [-0.2, -0.15) is 0 Å². The summed E-state index contributed by atoms with van der Waals surface area (Å²) in [5.41, 5.74) is 12.7. The Morgan fingerprint density at radius 2 is 1.57 bits per heavy atom. The van der Waals surface area contributed by atoms with E-state index in [1.807, 2.05) is 0 Å². The Balaban J connectivity index is 0.795. The van der Waals surface area contributed by atoms with Gasteiger partial charge in [0.1, 0.15) is 74.6 Å². The summed E-state index contributed by atoms with van der Waals surface area (Å²) in [4.78, 5) is 119. The van der Waals surface area contributed by atoms with Gasteiger partial charge in [-0.15, -0.1) is 9.05 Å². The minimum atomic E-state index is -4.28. The predicted molar refractivity (Wildman–Crippen MR) is 310 cm³/mol. The molecule has 0 radical (unpaired) electrons. The second-order valence-corrected chi connectivity index (χ2v) is 24.6. The average Bonchev–Trinajstić information content (AvgIpc) is 2.34. The van der Waals surface area contributed by atoms with E-state index >= 15 is 4.39 Å². The molecule has 3 saturated heterocycles. The lowest BCUT2D eigenvalue weighted by Gasteiger charge is -2.25. The molecule has 3 aliphatic rings. The number of halogens is 1. The Morgan fingerprint density at radius 3 is 2.30 bits per heavy atom. The number of fused-ring (bicyclic) bond motifs is 4. The maximum absolute atomic E-state index is 16.7.